The van der Waals surface area contributed by atoms with Crippen molar-refractivity contribution in [2.75, 3.05) is 37.4 Å². The van der Waals surface area contributed by atoms with Crippen LogP contribution in [0.5, 0.6) is 0 Å². The number of allylic oxidation sites excluding steroid dienone is 2. The highest BCUT2D eigenvalue weighted by Crippen LogP contribution is 2.29. The lowest BCUT2D eigenvalue weighted by atomic mass is 9.94. The molecule has 1 heterocycles. The number of hydrogen-bond donors (Lipinski definition) is 1. The molecule has 1 aliphatic carbocycles. The van der Waals surface area contributed by atoms with Crippen molar-refractivity contribution >= 4 is 23.2 Å². The average molecular weight is 297 g/mol. The molecule has 0 saturated heterocycles. The third-order valence-electron chi connectivity index (χ3n) is 3.52. The zero-order valence-electron chi connectivity index (χ0n) is 11.8. The van der Waals surface area contributed by atoms with Gasteiger partial charge in [-0.25, -0.2) is 9.97 Å². The summed E-state index contributed by atoms with van der Waals surface area (Å²) in [5, 5.41) is 0.426. The molecular weight excluding hydrogens is 276 g/mol. The standard InChI is InChI=1S/C14H21ClN4O/c1-20-8-7-19(9-11-5-3-2-4-6-11)14-12(15)13(16)17-10-18-14/h2-3,10-11H,4-9H2,1H3,(H2,16,17,18). The lowest BCUT2D eigenvalue weighted by Crippen LogP contribution is -2.34. The largest absolute Gasteiger partial charge is 0.383 e. The van der Waals surface area contributed by atoms with Crippen molar-refractivity contribution in [3.05, 3.63) is 23.5 Å². The SMILES string of the molecule is COCCN(CC1CC=CCC1)c1ncnc(N)c1Cl. The Hall–Kier alpha value is -1.33. The Morgan fingerprint density at radius 1 is 1.45 bits per heavy atom. The quantitative estimate of drug-likeness (QED) is 0.817. The van der Waals surface area contributed by atoms with Crippen LogP contribution in [0.2, 0.25) is 5.02 Å². The van der Waals surface area contributed by atoms with Crippen LogP contribution < -0.4 is 10.6 Å². The third-order valence-corrected chi connectivity index (χ3v) is 3.88. The van der Waals surface area contributed by atoms with E-state index in [0.29, 0.717) is 29.2 Å². The molecule has 0 aromatic carbocycles. The fourth-order valence-electron chi connectivity index (χ4n) is 2.41. The predicted molar refractivity (Wildman–Crippen MR) is 82.0 cm³/mol. The van der Waals surface area contributed by atoms with E-state index in [1.165, 1.54) is 12.7 Å². The number of nitrogens with two attached hydrogens (primary N) is 1. The molecule has 0 fully saturated rings. The molecule has 5 nitrogen and oxygen atoms in total. The summed E-state index contributed by atoms with van der Waals surface area (Å²) in [7, 11) is 1.69. The van der Waals surface area contributed by atoms with Gasteiger partial charge in [-0.3, -0.25) is 0 Å². The topological polar surface area (TPSA) is 64.3 Å². The van der Waals surface area contributed by atoms with Crippen molar-refractivity contribution in [2.45, 2.75) is 19.3 Å². The van der Waals surface area contributed by atoms with Crippen molar-refractivity contribution in [1.29, 1.82) is 0 Å². The highest BCUT2D eigenvalue weighted by molar-refractivity contribution is 6.35. The second-order valence-electron chi connectivity index (χ2n) is 4.99. The van der Waals surface area contributed by atoms with Gasteiger partial charge in [0.05, 0.1) is 6.61 Å². The molecule has 2 rings (SSSR count). The molecule has 20 heavy (non-hydrogen) atoms. The molecule has 1 aromatic rings. The Bertz CT molecular complexity index is 466. The molecule has 1 aromatic heterocycles. The molecule has 2 N–H and O–H groups in total. The fraction of sp³-hybridized carbons (Fsp3) is 0.571. The van der Waals surface area contributed by atoms with Crippen molar-refractivity contribution in [3.63, 3.8) is 0 Å². The van der Waals surface area contributed by atoms with Crippen molar-refractivity contribution in [2.24, 2.45) is 5.92 Å². The van der Waals surface area contributed by atoms with E-state index in [4.69, 9.17) is 22.1 Å². The van der Waals surface area contributed by atoms with Gasteiger partial charge in [-0.1, -0.05) is 23.8 Å². The number of nitrogen functional groups attached to an aromatic ring is 1. The van der Waals surface area contributed by atoms with Crippen LogP contribution in [-0.4, -0.2) is 36.8 Å². The zero-order valence-corrected chi connectivity index (χ0v) is 12.5. The summed E-state index contributed by atoms with van der Waals surface area (Å²) < 4.78 is 5.18. The molecule has 6 heteroatoms. The molecule has 0 spiro atoms. The van der Waals surface area contributed by atoms with Crippen LogP contribution in [-0.2, 0) is 4.74 Å². The Balaban J connectivity index is 2.13. The van der Waals surface area contributed by atoms with Crippen LogP contribution in [0, 0.1) is 5.92 Å². The van der Waals surface area contributed by atoms with E-state index < -0.39 is 0 Å². The van der Waals surface area contributed by atoms with Gasteiger partial charge < -0.3 is 15.4 Å². The van der Waals surface area contributed by atoms with Gasteiger partial charge >= 0.3 is 0 Å². The lowest BCUT2D eigenvalue weighted by molar-refractivity contribution is 0.203. The number of ether oxygens (including phenoxy) is 1. The third kappa shape index (κ3) is 3.84. The summed E-state index contributed by atoms with van der Waals surface area (Å²) >= 11 is 6.24. The summed E-state index contributed by atoms with van der Waals surface area (Å²) in [5.74, 6) is 1.64. The number of anilines is 2. The second-order valence-corrected chi connectivity index (χ2v) is 5.36. The van der Waals surface area contributed by atoms with Crippen molar-refractivity contribution in [1.82, 2.24) is 9.97 Å². The summed E-state index contributed by atoms with van der Waals surface area (Å²) in [6.07, 6.45) is 9.38. The molecule has 1 aliphatic rings. The fourth-order valence-corrected chi connectivity index (χ4v) is 2.63. The first-order valence-electron chi connectivity index (χ1n) is 6.87. The molecule has 0 radical (unpaired) electrons. The molecule has 1 unspecified atom stereocenters. The maximum absolute atomic E-state index is 6.24. The first kappa shape index (κ1) is 15.1. The van der Waals surface area contributed by atoms with Crippen LogP contribution >= 0.6 is 11.6 Å². The molecular formula is C14H21ClN4O. The Labute approximate surface area is 124 Å². The van der Waals surface area contributed by atoms with E-state index in [1.54, 1.807) is 7.11 Å². The minimum absolute atomic E-state index is 0.322. The predicted octanol–water partition coefficient (Wildman–Crippen LogP) is 2.52. The summed E-state index contributed by atoms with van der Waals surface area (Å²) in [5.41, 5.74) is 5.77. The second kappa shape index (κ2) is 7.45. The first-order valence-corrected chi connectivity index (χ1v) is 7.25. The summed E-state index contributed by atoms with van der Waals surface area (Å²) in [6, 6.07) is 0. The van der Waals surface area contributed by atoms with E-state index in [2.05, 4.69) is 27.0 Å². The minimum Gasteiger partial charge on any atom is -0.383 e. The van der Waals surface area contributed by atoms with E-state index in [-0.39, 0.29) is 0 Å². The molecule has 0 saturated carbocycles. The van der Waals surface area contributed by atoms with E-state index in [9.17, 15) is 0 Å². The maximum atomic E-state index is 6.24. The normalized spacial score (nSPS) is 18.2. The number of rotatable bonds is 6. The van der Waals surface area contributed by atoms with Gasteiger partial charge in [0.15, 0.2) is 5.82 Å². The number of halogens is 1. The molecule has 1 atom stereocenters. The van der Waals surface area contributed by atoms with Crippen molar-refractivity contribution < 1.29 is 4.74 Å². The average Bonchev–Trinajstić information content (AvgIpc) is 2.48. The summed E-state index contributed by atoms with van der Waals surface area (Å²) in [6.45, 7) is 2.28. The van der Waals surface area contributed by atoms with Gasteiger partial charge in [0, 0.05) is 20.2 Å². The monoisotopic (exact) mass is 296 g/mol. The van der Waals surface area contributed by atoms with Gasteiger partial charge in [-0.05, 0) is 25.2 Å². The van der Waals surface area contributed by atoms with E-state index in [1.807, 2.05) is 0 Å². The molecule has 0 amide bonds. The Morgan fingerprint density at radius 2 is 2.30 bits per heavy atom. The van der Waals surface area contributed by atoms with Crippen LogP contribution in [0.25, 0.3) is 0 Å². The molecule has 110 valence electrons. The van der Waals surface area contributed by atoms with E-state index >= 15 is 0 Å². The van der Waals surface area contributed by atoms with Crippen LogP contribution in [0.3, 0.4) is 0 Å². The molecule has 0 bridgehead atoms. The van der Waals surface area contributed by atoms with Gasteiger partial charge in [-0.2, -0.15) is 0 Å². The number of nitrogens with zero attached hydrogens (tertiary/aromatic N) is 3. The van der Waals surface area contributed by atoms with Crippen LogP contribution in [0.1, 0.15) is 19.3 Å². The summed E-state index contributed by atoms with van der Waals surface area (Å²) in [4.78, 5) is 10.3. The first-order chi connectivity index (χ1) is 9.72. The molecule has 0 aliphatic heterocycles. The smallest absolute Gasteiger partial charge is 0.153 e. The van der Waals surface area contributed by atoms with E-state index in [0.717, 1.165) is 25.9 Å². The number of aromatic nitrogens is 2. The van der Waals surface area contributed by atoms with Gasteiger partial charge in [0.25, 0.3) is 0 Å². The number of hydrogen-bond acceptors (Lipinski definition) is 5. The highest BCUT2D eigenvalue weighted by atomic mass is 35.5. The lowest BCUT2D eigenvalue weighted by Gasteiger charge is -2.29. The minimum atomic E-state index is 0.322. The maximum Gasteiger partial charge on any atom is 0.153 e. The number of methoxy groups -OCH3 is 1. The van der Waals surface area contributed by atoms with Crippen LogP contribution in [0.15, 0.2) is 18.5 Å². The zero-order chi connectivity index (χ0) is 14.4. The Kier molecular flexibility index (Phi) is 5.61. The Morgan fingerprint density at radius 3 is 3.00 bits per heavy atom. The van der Waals surface area contributed by atoms with Crippen LogP contribution in [0.4, 0.5) is 11.6 Å². The van der Waals surface area contributed by atoms with Gasteiger partial charge in [0.2, 0.25) is 0 Å². The van der Waals surface area contributed by atoms with Gasteiger partial charge in [0.1, 0.15) is 17.2 Å². The highest BCUT2D eigenvalue weighted by Gasteiger charge is 2.19. The van der Waals surface area contributed by atoms with Crippen molar-refractivity contribution in [3.8, 4) is 0 Å². The van der Waals surface area contributed by atoms with Gasteiger partial charge in [-0.15, -0.1) is 0 Å².